The number of carbonyl (C=O) groups excluding carboxylic acids is 1. The van der Waals surface area contributed by atoms with E-state index in [1.165, 1.54) is 25.1 Å². The summed E-state index contributed by atoms with van der Waals surface area (Å²) in [4.78, 5) is 12.9. The van der Waals surface area contributed by atoms with Crippen LogP contribution in [-0.2, 0) is 6.18 Å². The molecule has 0 atom stereocenters. The van der Waals surface area contributed by atoms with Crippen LogP contribution in [0.25, 0.3) is 0 Å². The van der Waals surface area contributed by atoms with Gasteiger partial charge in [0.05, 0.1) is 22.8 Å². The van der Waals surface area contributed by atoms with Gasteiger partial charge in [-0.3, -0.25) is 4.79 Å². The van der Waals surface area contributed by atoms with Crippen molar-refractivity contribution in [2.24, 2.45) is 0 Å². The molecule has 3 aromatic rings. The fourth-order valence-corrected chi connectivity index (χ4v) is 2.83. The molecule has 0 fully saturated rings. The largest absolute Gasteiger partial charge is 0.456 e. The van der Waals surface area contributed by atoms with E-state index in [1.807, 2.05) is 6.07 Å². The highest BCUT2D eigenvalue weighted by atomic mass is 19.4. The molecule has 0 aliphatic carbocycles. The van der Waals surface area contributed by atoms with Crippen molar-refractivity contribution in [3.8, 4) is 17.6 Å². The summed E-state index contributed by atoms with van der Waals surface area (Å²) >= 11 is 0. The lowest BCUT2D eigenvalue weighted by atomic mass is 10.1. The summed E-state index contributed by atoms with van der Waals surface area (Å²) < 4.78 is 58.6. The van der Waals surface area contributed by atoms with Gasteiger partial charge in [-0.25, -0.2) is 4.39 Å². The Morgan fingerprint density at radius 3 is 2.35 bits per heavy atom. The normalized spacial score (nSPS) is 11.0. The highest BCUT2D eigenvalue weighted by molar-refractivity contribution is 6.06. The number of ether oxygens (including phenoxy) is 1. The first-order valence-electron chi connectivity index (χ1n) is 9.06. The number of aryl methyl sites for hydroxylation is 2. The molecule has 1 amide bonds. The van der Waals surface area contributed by atoms with Crippen molar-refractivity contribution in [2.75, 3.05) is 5.32 Å². The molecule has 0 aliphatic rings. The van der Waals surface area contributed by atoms with E-state index < -0.39 is 23.5 Å². The van der Waals surface area contributed by atoms with Crippen LogP contribution in [0, 0.1) is 31.0 Å². The second kappa shape index (κ2) is 8.48. The van der Waals surface area contributed by atoms with E-state index in [2.05, 4.69) is 5.32 Å². The summed E-state index contributed by atoms with van der Waals surface area (Å²) in [5.74, 6) is -1.48. The topological polar surface area (TPSA) is 62.1 Å². The number of nitrogens with one attached hydrogen (secondary N) is 1. The van der Waals surface area contributed by atoms with Crippen molar-refractivity contribution in [3.05, 3.63) is 88.2 Å². The zero-order valence-corrected chi connectivity index (χ0v) is 16.5. The predicted octanol–water partition coefficient (Wildman–Crippen LogP) is 6.38. The van der Waals surface area contributed by atoms with Crippen molar-refractivity contribution in [2.45, 2.75) is 20.0 Å². The second-order valence-electron chi connectivity index (χ2n) is 6.82. The molecule has 0 aromatic heterocycles. The number of carbonyl (C=O) groups is 1. The summed E-state index contributed by atoms with van der Waals surface area (Å²) in [7, 11) is 0. The Morgan fingerprint density at radius 1 is 0.968 bits per heavy atom. The lowest BCUT2D eigenvalue weighted by molar-refractivity contribution is -0.137. The monoisotopic (exact) mass is 428 g/mol. The van der Waals surface area contributed by atoms with E-state index in [4.69, 9.17) is 10.00 Å². The SMILES string of the molecule is Cc1ccc(C#N)cc1NC(=O)c1ccc(C(F)(F)F)cc1Oc1ccc(F)cc1C. The zero-order valence-electron chi connectivity index (χ0n) is 16.5. The Kier molecular flexibility index (Phi) is 5.97. The van der Waals surface area contributed by atoms with Crippen molar-refractivity contribution in [1.82, 2.24) is 0 Å². The summed E-state index contributed by atoms with van der Waals surface area (Å²) in [5.41, 5.74) is 0.511. The molecular formula is C23H16F4N2O2. The first-order valence-corrected chi connectivity index (χ1v) is 9.06. The fourth-order valence-electron chi connectivity index (χ4n) is 2.83. The van der Waals surface area contributed by atoms with E-state index >= 15 is 0 Å². The molecular weight excluding hydrogens is 412 g/mol. The van der Waals surface area contributed by atoms with E-state index in [1.54, 1.807) is 19.1 Å². The van der Waals surface area contributed by atoms with Crippen molar-refractivity contribution >= 4 is 11.6 Å². The smallest absolute Gasteiger partial charge is 0.416 e. The third-order valence-corrected chi connectivity index (χ3v) is 4.53. The van der Waals surface area contributed by atoms with Gasteiger partial charge in [-0.05, 0) is 73.5 Å². The summed E-state index contributed by atoms with van der Waals surface area (Å²) in [6.45, 7) is 3.24. The van der Waals surface area contributed by atoms with Gasteiger partial charge in [-0.1, -0.05) is 6.07 Å². The van der Waals surface area contributed by atoms with Crippen molar-refractivity contribution in [1.29, 1.82) is 5.26 Å². The van der Waals surface area contributed by atoms with Gasteiger partial charge in [0.1, 0.15) is 17.3 Å². The van der Waals surface area contributed by atoms with Gasteiger partial charge >= 0.3 is 6.18 Å². The number of nitriles is 1. The van der Waals surface area contributed by atoms with E-state index in [0.717, 1.165) is 24.3 Å². The van der Waals surface area contributed by atoms with Crippen LogP contribution in [0.15, 0.2) is 54.6 Å². The van der Waals surface area contributed by atoms with Crippen LogP contribution in [0.1, 0.15) is 32.6 Å². The average molecular weight is 428 g/mol. The molecule has 1 N–H and O–H groups in total. The number of nitrogens with zero attached hydrogens (tertiary/aromatic N) is 1. The predicted molar refractivity (Wildman–Crippen MR) is 107 cm³/mol. The van der Waals surface area contributed by atoms with Crippen LogP contribution in [0.4, 0.5) is 23.2 Å². The third-order valence-electron chi connectivity index (χ3n) is 4.53. The molecule has 3 rings (SSSR count). The average Bonchev–Trinajstić information content (AvgIpc) is 2.71. The molecule has 0 bridgehead atoms. The number of benzene rings is 3. The lowest BCUT2D eigenvalue weighted by Crippen LogP contribution is -2.15. The van der Waals surface area contributed by atoms with Crippen LogP contribution in [0.2, 0.25) is 0 Å². The maximum atomic E-state index is 13.4. The number of halogens is 4. The zero-order chi connectivity index (χ0) is 22.8. The molecule has 3 aromatic carbocycles. The number of alkyl halides is 3. The van der Waals surface area contributed by atoms with Gasteiger partial charge in [-0.15, -0.1) is 0 Å². The molecule has 0 heterocycles. The molecule has 0 saturated heterocycles. The maximum Gasteiger partial charge on any atom is 0.416 e. The Bertz CT molecular complexity index is 1200. The molecule has 0 unspecified atom stereocenters. The molecule has 0 spiro atoms. The van der Waals surface area contributed by atoms with E-state index in [9.17, 15) is 22.4 Å². The Balaban J connectivity index is 2.02. The van der Waals surface area contributed by atoms with E-state index in [0.29, 0.717) is 22.4 Å². The number of anilines is 1. The molecule has 4 nitrogen and oxygen atoms in total. The lowest BCUT2D eigenvalue weighted by Gasteiger charge is -2.16. The summed E-state index contributed by atoms with van der Waals surface area (Å²) in [6.07, 6.45) is -4.65. The Labute approximate surface area is 175 Å². The molecule has 0 saturated carbocycles. The van der Waals surface area contributed by atoms with Gasteiger partial charge in [-0.2, -0.15) is 18.4 Å². The maximum absolute atomic E-state index is 13.4. The molecule has 31 heavy (non-hydrogen) atoms. The third kappa shape index (κ3) is 5.01. The van der Waals surface area contributed by atoms with Gasteiger partial charge in [0.2, 0.25) is 0 Å². The van der Waals surface area contributed by atoms with Crippen LogP contribution < -0.4 is 10.1 Å². The van der Waals surface area contributed by atoms with Crippen LogP contribution in [0.5, 0.6) is 11.5 Å². The minimum Gasteiger partial charge on any atom is -0.456 e. The van der Waals surface area contributed by atoms with Crippen LogP contribution in [-0.4, -0.2) is 5.91 Å². The van der Waals surface area contributed by atoms with Gasteiger partial charge in [0.15, 0.2) is 0 Å². The van der Waals surface area contributed by atoms with Crippen LogP contribution >= 0.6 is 0 Å². The highest BCUT2D eigenvalue weighted by Crippen LogP contribution is 2.36. The standard InChI is InChI=1S/C23H16F4N2O2/c1-13-3-4-15(12-28)10-19(13)29-22(30)18-7-5-16(23(25,26)27)11-21(18)31-20-8-6-17(24)9-14(20)2/h3-11H,1-2H3,(H,29,30). The van der Waals surface area contributed by atoms with Crippen LogP contribution in [0.3, 0.4) is 0 Å². The highest BCUT2D eigenvalue weighted by Gasteiger charge is 2.32. The summed E-state index contributed by atoms with van der Waals surface area (Å²) in [5, 5.41) is 11.6. The quantitative estimate of drug-likeness (QED) is 0.491. The second-order valence-corrected chi connectivity index (χ2v) is 6.82. The Hall–Kier alpha value is -3.86. The van der Waals surface area contributed by atoms with E-state index in [-0.39, 0.29) is 17.1 Å². The van der Waals surface area contributed by atoms with Gasteiger partial charge in [0.25, 0.3) is 5.91 Å². The first-order chi connectivity index (χ1) is 14.6. The number of hydrogen-bond donors (Lipinski definition) is 1. The fraction of sp³-hybridized carbons (Fsp3) is 0.130. The Morgan fingerprint density at radius 2 is 1.71 bits per heavy atom. The summed E-state index contributed by atoms with van der Waals surface area (Å²) in [6, 6.07) is 12.7. The number of rotatable bonds is 4. The van der Waals surface area contributed by atoms with Crippen molar-refractivity contribution in [3.63, 3.8) is 0 Å². The first kappa shape index (κ1) is 21.8. The minimum atomic E-state index is -4.65. The number of hydrogen-bond acceptors (Lipinski definition) is 3. The molecule has 8 heteroatoms. The van der Waals surface area contributed by atoms with Gasteiger partial charge in [0, 0.05) is 5.69 Å². The van der Waals surface area contributed by atoms with Crippen molar-refractivity contribution < 1.29 is 27.1 Å². The van der Waals surface area contributed by atoms with Gasteiger partial charge < -0.3 is 10.1 Å². The molecule has 158 valence electrons. The number of amides is 1. The molecule has 0 radical (unpaired) electrons. The minimum absolute atomic E-state index is 0.109. The molecule has 0 aliphatic heterocycles.